The van der Waals surface area contributed by atoms with Crippen LogP contribution in [0.25, 0.3) is 0 Å². The van der Waals surface area contributed by atoms with Crippen molar-refractivity contribution >= 4 is 17.8 Å². The summed E-state index contributed by atoms with van der Waals surface area (Å²) in [6.45, 7) is 2.76. The third kappa shape index (κ3) is 4.01. The predicted octanol–water partition coefficient (Wildman–Crippen LogP) is 0.271. The van der Waals surface area contributed by atoms with E-state index in [1.54, 1.807) is 0 Å². The van der Waals surface area contributed by atoms with E-state index in [1.807, 2.05) is 0 Å². The molecule has 6 heteroatoms. The molecule has 3 N–H and O–H groups in total. The SMILES string of the molecule is CC(=O)NC(C(=O)NC(C)C(=O)O)C1CCCC1. The van der Waals surface area contributed by atoms with Crippen molar-refractivity contribution in [2.24, 2.45) is 5.92 Å². The van der Waals surface area contributed by atoms with Gasteiger partial charge in [0.15, 0.2) is 0 Å². The van der Waals surface area contributed by atoms with Crippen LogP contribution in [0.1, 0.15) is 39.5 Å². The Balaban J connectivity index is 2.66. The van der Waals surface area contributed by atoms with Gasteiger partial charge in [-0.3, -0.25) is 14.4 Å². The highest BCUT2D eigenvalue weighted by Gasteiger charge is 2.32. The van der Waals surface area contributed by atoms with Gasteiger partial charge in [0.25, 0.3) is 0 Å². The van der Waals surface area contributed by atoms with Crippen molar-refractivity contribution in [2.75, 3.05) is 0 Å². The number of carbonyl (C=O) groups is 3. The summed E-state index contributed by atoms with van der Waals surface area (Å²) in [7, 11) is 0. The zero-order chi connectivity index (χ0) is 13.7. The van der Waals surface area contributed by atoms with Gasteiger partial charge in [-0.2, -0.15) is 0 Å². The van der Waals surface area contributed by atoms with E-state index >= 15 is 0 Å². The van der Waals surface area contributed by atoms with Gasteiger partial charge in [0.1, 0.15) is 12.1 Å². The molecule has 1 fully saturated rings. The molecule has 0 aromatic heterocycles. The Morgan fingerprint density at radius 1 is 1.17 bits per heavy atom. The third-order valence-electron chi connectivity index (χ3n) is 3.24. The maximum Gasteiger partial charge on any atom is 0.325 e. The largest absolute Gasteiger partial charge is 0.480 e. The summed E-state index contributed by atoms with van der Waals surface area (Å²) in [5.74, 6) is -1.66. The van der Waals surface area contributed by atoms with Gasteiger partial charge >= 0.3 is 5.97 Å². The van der Waals surface area contributed by atoms with E-state index in [2.05, 4.69) is 10.6 Å². The number of carboxylic acid groups (broad SMARTS) is 1. The maximum absolute atomic E-state index is 12.0. The molecule has 0 aromatic carbocycles. The Morgan fingerprint density at radius 2 is 1.72 bits per heavy atom. The van der Waals surface area contributed by atoms with Crippen LogP contribution in [0, 0.1) is 5.92 Å². The first kappa shape index (κ1) is 14.5. The van der Waals surface area contributed by atoms with Gasteiger partial charge in [0, 0.05) is 6.92 Å². The number of nitrogens with one attached hydrogen (secondary N) is 2. The average Bonchev–Trinajstić information content (AvgIpc) is 2.78. The number of aliphatic carboxylic acids is 1. The van der Waals surface area contributed by atoms with E-state index in [-0.39, 0.29) is 11.8 Å². The maximum atomic E-state index is 12.0. The molecule has 0 radical (unpaired) electrons. The normalized spacial score (nSPS) is 19.0. The highest BCUT2D eigenvalue weighted by molar-refractivity contribution is 5.90. The van der Waals surface area contributed by atoms with Crippen LogP contribution in [0.2, 0.25) is 0 Å². The molecule has 6 nitrogen and oxygen atoms in total. The molecular formula is C12H20N2O4. The van der Waals surface area contributed by atoms with Crippen LogP contribution in [-0.4, -0.2) is 35.0 Å². The fourth-order valence-corrected chi connectivity index (χ4v) is 2.27. The highest BCUT2D eigenvalue weighted by Crippen LogP contribution is 2.27. The zero-order valence-electron chi connectivity index (χ0n) is 10.7. The summed E-state index contributed by atoms with van der Waals surface area (Å²) < 4.78 is 0. The van der Waals surface area contributed by atoms with Gasteiger partial charge < -0.3 is 15.7 Å². The molecular weight excluding hydrogens is 236 g/mol. The quantitative estimate of drug-likeness (QED) is 0.658. The molecule has 102 valence electrons. The molecule has 0 saturated heterocycles. The average molecular weight is 256 g/mol. The first-order chi connectivity index (χ1) is 8.41. The van der Waals surface area contributed by atoms with Gasteiger partial charge in [-0.15, -0.1) is 0 Å². The Hall–Kier alpha value is -1.59. The minimum Gasteiger partial charge on any atom is -0.480 e. The van der Waals surface area contributed by atoms with Crippen LogP contribution in [0.5, 0.6) is 0 Å². The fourth-order valence-electron chi connectivity index (χ4n) is 2.27. The number of rotatable bonds is 5. The minimum absolute atomic E-state index is 0.106. The van der Waals surface area contributed by atoms with Crippen LogP contribution in [-0.2, 0) is 14.4 Å². The zero-order valence-corrected chi connectivity index (χ0v) is 10.7. The smallest absolute Gasteiger partial charge is 0.325 e. The lowest BCUT2D eigenvalue weighted by Crippen LogP contribution is -2.53. The summed E-state index contributed by atoms with van der Waals surface area (Å²) in [5.41, 5.74) is 0. The number of hydrogen-bond acceptors (Lipinski definition) is 3. The van der Waals surface area contributed by atoms with E-state index in [0.717, 1.165) is 25.7 Å². The van der Waals surface area contributed by atoms with Gasteiger partial charge in [0.2, 0.25) is 11.8 Å². The summed E-state index contributed by atoms with van der Waals surface area (Å²) in [4.78, 5) is 33.8. The van der Waals surface area contributed by atoms with Crippen molar-refractivity contribution in [1.82, 2.24) is 10.6 Å². The molecule has 0 spiro atoms. The Kier molecular flexibility index (Phi) is 5.12. The van der Waals surface area contributed by atoms with E-state index in [4.69, 9.17) is 5.11 Å². The standard InChI is InChI=1S/C12H20N2O4/c1-7(12(17)18)13-11(16)10(14-8(2)15)9-5-3-4-6-9/h7,9-10H,3-6H2,1-2H3,(H,13,16)(H,14,15)(H,17,18). The third-order valence-corrected chi connectivity index (χ3v) is 3.24. The summed E-state index contributed by atoms with van der Waals surface area (Å²) in [5, 5.41) is 13.8. The second-order valence-electron chi connectivity index (χ2n) is 4.79. The number of hydrogen-bond donors (Lipinski definition) is 3. The Labute approximate surface area is 106 Å². The van der Waals surface area contributed by atoms with Crippen molar-refractivity contribution < 1.29 is 19.5 Å². The second kappa shape index (κ2) is 6.37. The lowest BCUT2D eigenvalue weighted by molar-refractivity contribution is -0.142. The molecule has 2 amide bonds. The van der Waals surface area contributed by atoms with Gasteiger partial charge in [-0.1, -0.05) is 12.8 Å². The van der Waals surface area contributed by atoms with E-state index < -0.39 is 24.0 Å². The summed E-state index contributed by atoms with van der Waals surface area (Å²) in [6.07, 6.45) is 3.87. The predicted molar refractivity (Wildman–Crippen MR) is 64.8 cm³/mol. The first-order valence-corrected chi connectivity index (χ1v) is 6.22. The summed E-state index contributed by atoms with van der Waals surface area (Å²) >= 11 is 0. The van der Waals surface area contributed by atoms with Crippen LogP contribution >= 0.6 is 0 Å². The van der Waals surface area contributed by atoms with E-state index in [1.165, 1.54) is 13.8 Å². The Bertz CT molecular complexity index is 337. The number of carboxylic acids is 1. The molecule has 2 unspecified atom stereocenters. The number of carbonyl (C=O) groups excluding carboxylic acids is 2. The van der Waals surface area contributed by atoms with Crippen molar-refractivity contribution in [2.45, 2.75) is 51.6 Å². The fraction of sp³-hybridized carbons (Fsp3) is 0.750. The Morgan fingerprint density at radius 3 is 2.17 bits per heavy atom. The van der Waals surface area contributed by atoms with Crippen LogP contribution in [0.3, 0.4) is 0 Å². The minimum atomic E-state index is -1.09. The lowest BCUT2D eigenvalue weighted by atomic mass is 9.97. The molecule has 18 heavy (non-hydrogen) atoms. The van der Waals surface area contributed by atoms with E-state index in [0.29, 0.717) is 0 Å². The molecule has 1 aliphatic rings. The molecule has 0 aliphatic heterocycles. The number of amides is 2. The topological polar surface area (TPSA) is 95.5 Å². The monoisotopic (exact) mass is 256 g/mol. The van der Waals surface area contributed by atoms with E-state index in [9.17, 15) is 14.4 Å². The molecule has 1 rings (SSSR count). The van der Waals surface area contributed by atoms with Crippen LogP contribution < -0.4 is 10.6 Å². The van der Waals surface area contributed by atoms with Crippen molar-refractivity contribution in [1.29, 1.82) is 0 Å². The molecule has 0 heterocycles. The van der Waals surface area contributed by atoms with Gasteiger partial charge in [-0.05, 0) is 25.7 Å². The highest BCUT2D eigenvalue weighted by atomic mass is 16.4. The van der Waals surface area contributed by atoms with Crippen molar-refractivity contribution in [3.63, 3.8) is 0 Å². The van der Waals surface area contributed by atoms with Crippen molar-refractivity contribution in [3.8, 4) is 0 Å². The molecule has 0 bridgehead atoms. The summed E-state index contributed by atoms with van der Waals surface area (Å²) in [6, 6.07) is -1.57. The van der Waals surface area contributed by atoms with Gasteiger partial charge in [-0.25, -0.2) is 0 Å². The van der Waals surface area contributed by atoms with Crippen LogP contribution in [0.15, 0.2) is 0 Å². The first-order valence-electron chi connectivity index (χ1n) is 6.22. The van der Waals surface area contributed by atoms with Crippen molar-refractivity contribution in [3.05, 3.63) is 0 Å². The van der Waals surface area contributed by atoms with Crippen LogP contribution in [0.4, 0.5) is 0 Å². The molecule has 2 atom stereocenters. The second-order valence-corrected chi connectivity index (χ2v) is 4.79. The lowest BCUT2D eigenvalue weighted by Gasteiger charge is -2.24. The van der Waals surface area contributed by atoms with Gasteiger partial charge in [0.05, 0.1) is 0 Å². The molecule has 1 aliphatic carbocycles. The molecule has 0 aromatic rings. The molecule has 1 saturated carbocycles.